The summed E-state index contributed by atoms with van der Waals surface area (Å²) in [6.07, 6.45) is 2.38. The Labute approximate surface area is 87.2 Å². The van der Waals surface area contributed by atoms with E-state index in [1.54, 1.807) is 0 Å². The fourth-order valence-electron chi connectivity index (χ4n) is 1.75. The van der Waals surface area contributed by atoms with Gasteiger partial charge in [-0.3, -0.25) is 4.21 Å². The lowest BCUT2D eigenvalue weighted by atomic mass is 10.3. The monoisotopic (exact) mass is 209 g/mol. The Hall–Kier alpha value is -0.670. The zero-order chi connectivity index (χ0) is 9.80. The molecule has 1 saturated heterocycles. The standard InChI is InChI=1S/C11H15NOS/c13-14(9-10-5-4-8-12-10)11-6-2-1-3-7-11/h1-3,6-7,10,12H,4-5,8-9H2/t10-,14?/m0/s1. The molecular formula is C11H15NOS. The molecule has 0 spiro atoms. The molecule has 1 aromatic carbocycles. The molecule has 2 rings (SSSR count). The fraction of sp³-hybridized carbons (Fsp3) is 0.455. The van der Waals surface area contributed by atoms with Crippen LogP contribution in [0.3, 0.4) is 0 Å². The maximum Gasteiger partial charge on any atom is 0.0545 e. The SMILES string of the molecule is O=S(C[C@@H]1CCCN1)c1ccccc1. The lowest BCUT2D eigenvalue weighted by molar-refractivity contribution is 0.643. The van der Waals surface area contributed by atoms with Crippen molar-refractivity contribution in [3.05, 3.63) is 30.3 Å². The van der Waals surface area contributed by atoms with Gasteiger partial charge in [0, 0.05) is 16.7 Å². The average Bonchev–Trinajstić information content (AvgIpc) is 2.72. The minimum atomic E-state index is -0.836. The van der Waals surface area contributed by atoms with Crippen LogP contribution in [0.2, 0.25) is 0 Å². The fourth-order valence-corrected chi connectivity index (χ4v) is 3.05. The van der Waals surface area contributed by atoms with Gasteiger partial charge >= 0.3 is 0 Å². The van der Waals surface area contributed by atoms with Gasteiger partial charge < -0.3 is 5.32 Å². The summed E-state index contributed by atoms with van der Waals surface area (Å²) in [6.45, 7) is 1.08. The van der Waals surface area contributed by atoms with Crippen LogP contribution in [0, 0.1) is 0 Å². The van der Waals surface area contributed by atoms with Gasteiger partial charge in [-0.05, 0) is 31.5 Å². The Bertz CT molecular complexity index is 306. The Balaban J connectivity index is 1.95. The molecule has 3 heteroatoms. The highest BCUT2D eigenvalue weighted by Crippen LogP contribution is 2.11. The van der Waals surface area contributed by atoms with E-state index < -0.39 is 10.8 Å². The summed E-state index contributed by atoms with van der Waals surface area (Å²) < 4.78 is 11.9. The van der Waals surface area contributed by atoms with Gasteiger partial charge in [-0.1, -0.05) is 18.2 Å². The third kappa shape index (κ3) is 2.42. The quantitative estimate of drug-likeness (QED) is 0.818. The van der Waals surface area contributed by atoms with E-state index in [9.17, 15) is 4.21 Å². The van der Waals surface area contributed by atoms with E-state index in [1.807, 2.05) is 30.3 Å². The van der Waals surface area contributed by atoms with E-state index >= 15 is 0 Å². The van der Waals surface area contributed by atoms with Gasteiger partial charge in [0.05, 0.1) is 10.8 Å². The average molecular weight is 209 g/mol. The highest BCUT2D eigenvalue weighted by molar-refractivity contribution is 7.85. The highest BCUT2D eigenvalue weighted by Gasteiger charge is 2.17. The summed E-state index contributed by atoms with van der Waals surface area (Å²) >= 11 is 0. The molecule has 14 heavy (non-hydrogen) atoms. The summed E-state index contributed by atoms with van der Waals surface area (Å²) in [5.41, 5.74) is 0. The zero-order valence-electron chi connectivity index (χ0n) is 8.11. The molecule has 2 atom stereocenters. The second-order valence-electron chi connectivity index (χ2n) is 3.62. The maximum absolute atomic E-state index is 11.9. The molecule has 1 aromatic rings. The molecular weight excluding hydrogens is 194 g/mol. The van der Waals surface area contributed by atoms with E-state index in [0.29, 0.717) is 6.04 Å². The molecule has 1 aliphatic rings. The third-order valence-electron chi connectivity index (χ3n) is 2.52. The maximum atomic E-state index is 11.9. The molecule has 0 aromatic heterocycles. The van der Waals surface area contributed by atoms with Crippen LogP contribution in [0.4, 0.5) is 0 Å². The molecule has 1 heterocycles. The lowest BCUT2D eigenvalue weighted by Gasteiger charge is -2.09. The molecule has 0 amide bonds. The lowest BCUT2D eigenvalue weighted by Crippen LogP contribution is -2.27. The first-order valence-electron chi connectivity index (χ1n) is 5.03. The predicted molar refractivity (Wildman–Crippen MR) is 58.7 cm³/mol. The summed E-state index contributed by atoms with van der Waals surface area (Å²) in [5.74, 6) is 0.754. The van der Waals surface area contributed by atoms with Crippen LogP contribution < -0.4 is 5.32 Å². The highest BCUT2D eigenvalue weighted by atomic mass is 32.2. The molecule has 0 saturated carbocycles. The van der Waals surface area contributed by atoms with Gasteiger partial charge in [0.25, 0.3) is 0 Å². The molecule has 76 valence electrons. The summed E-state index contributed by atoms with van der Waals surface area (Å²) in [5, 5.41) is 3.36. The zero-order valence-corrected chi connectivity index (χ0v) is 8.93. The van der Waals surface area contributed by atoms with Crippen LogP contribution >= 0.6 is 0 Å². The Morgan fingerprint density at radius 1 is 1.36 bits per heavy atom. The number of nitrogens with one attached hydrogen (secondary N) is 1. The van der Waals surface area contributed by atoms with Crippen molar-refractivity contribution in [3.8, 4) is 0 Å². The normalized spacial score (nSPS) is 23.6. The molecule has 0 bridgehead atoms. The van der Waals surface area contributed by atoms with Gasteiger partial charge in [0.15, 0.2) is 0 Å². The minimum Gasteiger partial charge on any atom is -0.313 e. The van der Waals surface area contributed by atoms with Crippen LogP contribution in [0.1, 0.15) is 12.8 Å². The number of benzene rings is 1. The molecule has 1 N–H and O–H groups in total. The van der Waals surface area contributed by atoms with Crippen LogP contribution in [-0.4, -0.2) is 22.5 Å². The van der Waals surface area contributed by atoms with E-state index in [0.717, 1.165) is 17.2 Å². The van der Waals surface area contributed by atoms with Gasteiger partial charge in [-0.2, -0.15) is 0 Å². The smallest absolute Gasteiger partial charge is 0.0545 e. The van der Waals surface area contributed by atoms with E-state index in [-0.39, 0.29) is 0 Å². The number of hydrogen-bond acceptors (Lipinski definition) is 2. The summed E-state index contributed by atoms with van der Waals surface area (Å²) in [7, 11) is -0.836. The van der Waals surface area contributed by atoms with E-state index in [2.05, 4.69) is 5.32 Å². The molecule has 0 radical (unpaired) electrons. The van der Waals surface area contributed by atoms with Crippen molar-refractivity contribution in [2.24, 2.45) is 0 Å². The molecule has 0 aliphatic carbocycles. The molecule has 1 unspecified atom stereocenters. The number of rotatable bonds is 3. The summed E-state index contributed by atoms with van der Waals surface area (Å²) in [4.78, 5) is 0.946. The van der Waals surface area contributed by atoms with Crippen molar-refractivity contribution in [3.63, 3.8) is 0 Å². The molecule has 1 fully saturated rings. The topological polar surface area (TPSA) is 29.1 Å². The first kappa shape index (κ1) is 9.87. The van der Waals surface area contributed by atoms with Crippen molar-refractivity contribution in [1.29, 1.82) is 0 Å². The Kier molecular flexibility index (Phi) is 3.32. The van der Waals surface area contributed by atoms with Gasteiger partial charge in [-0.25, -0.2) is 0 Å². The molecule has 2 nitrogen and oxygen atoms in total. The third-order valence-corrected chi connectivity index (χ3v) is 4.02. The van der Waals surface area contributed by atoms with E-state index in [1.165, 1.54) is 12.8 Å². The van der Waals surface area contributed by atoms with Gasteiger partial charge in [0.1, 0.15) is 0 Å². The largest absolute Gasteiger partial charge is 0.313 e. The molecule has 1 aliphatic heterocycles. The van der Waals surface area contributed by atoms with Crippen LogP contribution in [0.15, 0.2) is 35.2 Å². The van der Waals surface area contributed by atoms with Crippen molar-refractivity contribution >= 4 is 10.8 Å². The first-order valence-corrected chi connectivity index (χ1v) is 6.35. The van der Waals surface area contributed by atoms with E-state index in [4.69, 9.17) is 0 Å². The number of hydrogen-bond donors (Lipinski definition) is 1. The summed E-state index contributed by atoms with van der Waals surface area (Å²) in [6, 6.07) is 10.2. The second-order valence-corrected chi connectivity index (χ2v) is 5.11. The van der Waals surface area contributed by atoms with Crippen molar-refractivity contribution in [2.45, 2.75) is 23.8 Å². The Morgan fingerprint density at radius 3 is 2.79 bits per heavy atom. The van der Waals surface area contributed by atoms with Gasteiger partial charge in [0.2, 0.25) is 0 Å². The minimum absolute atomic E-state index is 0.455. The van der Waals surface area contributed by atoms with Crippen LogP contribution in [-0.2, 0) is 10.8 Å². The second kappa shape index (κ2) is 4.71. The van der Waals surface area contributed by atoms with Crippen LogP contribution in [0.5, 0.6) is 0 Å². The van der Waals surface area contributed by atoms with Gasteiger partial charge in [-0.15, -0.1) is 0 Å². The van der Waals surface area contributed by atoms with Crippen molar-refractivity contribution < 1.29 is 4.21 Å². The van der Waals surface area contributed by atoms with Crippen molar-refractivity contribution in [2.75, 3.05) is 12.3 Å². The first-order chi connectivity index (χ1) is 6.86. The predicted octanol–water partition coefficient (Wildman–Crippen LogP) is 1.55. The van der Waals surface area contributed by atoms with Crippen LogP contribution in [0.25, 0.3) is 0 Å². The van der Waals surface area contributed by atoms with Crippen molar-refractivity contribution in [1.82, 2.24) is 5.32 Å². The Morgan fingerprint density at radius 2 is 2.14 bits per heavy atom.